The Morgan fingerprint density at radius 2 is 1.47 bits per heavy atom. The highest BCUT2D eigenvalue weighted by molar-refractivity contribution is 5.53. The van der Waals surface area contributed by atoms with Gasteiger partial charge in [0.1, 0.15) is 11.5 Å². The Kier molecular flexibility index (Phi) is 2.31. The van der Waals surface area contributed by atoms with E-state index in [0.29, 0.717) is 6.42 Å². The van der Waals surface area contributed by atoms with Crippen LogP contribution < -0.4 is 4.74 Å². The van der Waals surface area contributed by atoms with Crippen molar-refractivity contribution in [3.05, 3.63) is 59.7 Å². The first kappa shape index (κ1) is 9.92. The number of ether oxygens (including phenoxy) is 1. The lowest BCUT2D eigenvalue weighted by Gasteiger charge is -2.26. The zero-order valence-electron chi connectivity index (χ0n) is 9.26. The zero-order valence-corrected chi connectivity index (χ0v) is 9.26. The molecular weight excluding hydrogens is 210 g/mol. The predicted octanol–water partition coefficient (Wildman–Crippen LogP) is 3.84. The minimum Gasteiger partial charge on any atom is -0.457 e. The van der Waals surface area contributed by atoms with E-state index in [1.807, 2.05) is 48.5 Å². The highest BCUT2D eigenvalue weighted by atomic mass is 16.5. The van der Waals surface area contributed by atoms with E-state index >= 15 is 0 Å². The summed E-state index contributed by atoms with van der Waals surface area (Å²) in [5.74, 6) is 1.86. The van der Waals surface area contributed by atoms with Gasteiger partial charge in [-0.2, -0.15) is 5.26 Å². The summed E-state index contributed by atoms with van der Waals surface area (Å²) in [5.41, 5.74) is 2.21. The van der Waals surface area contributed by atoms with Gasteiger partial charge in [-0.3, -0.25) is 0 Å². The largest absolute Gasteiger partial charge is 0.457 e. The minimum atomic E-state index is 0.126. The van der Waals surface area contributed by atoms with Crippen LogP contribution in [0.15, 0.2) is 48.5 Å². The quantitative estimate of drug-likeness (QED) is 0.733. The molecule has 0 aromatic heterocycles. The summed E-state index contributed by atoms with van der Waals surface area (Å²) in [6, 6.07) is 18.1. The van der Waals surface area contributed by atoms with Crippen LogP contribution in [0.2, 0.25) is 0 Å². The van der Waals surface area contributed by atoms with E-state index < -0.39 is 0 Å². The lowest BCUT2D eigenvalue weighted by atomic mass is 9.86. The molecule has 82 valence electrons. The number of benzene rings is 2. The molecule has 0 amide bonds. The van der Waals surface area contributed by atoms with Gasteiger partial charge in [-0.1, -0.05) is 36.4 Å². The summed E-state index contributed by atoms with van der Waals surface area (Å²) in [6.07, 6.45) is 0.484. The number of fused-ring (bicyclic) bond motifs is 2. The molecule has 17 heavy (non-hydrogen) atoms. The third kappa shape index (κ3) is 1.57. The molecule has 0 bridgehead atoms. The topological polar surface area (TPSA) is 33.0 Å². The normalized spacial score (nSPS) is 13.1. The van der Waals surface area contributed by atoms with Gasteiger partial charge >= 0.3 is 0 Å². The van der Waals surface area contributed by atoms with Crippen molar-refractivity contribution in [3.63, 3.8) is 0 Å². The third-order valence-corrected chi connectivity index (χ3v) is 3.10. The van der Waals surface area contributed by atoms with Crippen molar-refractivity contribution in [1.82, 2.24) is 0 Å². The zero-order chi connectivity index (χ0) is 11.7. The average Bonchev–Trinajstić information content (AvgIpc) is 2.39. The van der Waals surface area contributed by atoms with E-state index in [1.165, 1.54) is 0 Å². The van der Waals surface area contributed by atoms with Crippen LogP contribution in [0, 0.1) is 11.3 Å². The maximum Gasteiger partial charge on any atom is 0.131 e. The summed E-state index contributed by atoms with van der Waals surface area (Å²) < 4.78 is 5.84. The van der Waals surface area contributed by atoms with E-state index in [4.69, 9.17) is 10.00 Å². The first-order chi connectivity index (χ1) is 8.40. The number of rotatable bonds is 1. The van der Waals surface area contributed by atoms with Crippen molar-refractivity contribution in [2.45, 2.75) is 12.3 Å². The lowest BCUT2D eigenvalue weighted by Crippen LogP contribution is -2.09. The molecule has 0 saturated carbocycles. The van der Waals surface area contributed by atoms with Crippen molar-refractivity contribution in [1.29, 1.82) is 5.26 Å². The fourth-order valence-electron chi connectivity index (χ4n) is 2.32. The molecule has 1 aliphatic rings. The average molecular weight is 221 g/mol. The molecule has 0 fully saturated rings. The molecule has 0 saturated heterocycles. The fraction of sp³-hybridized carbons (Fsp3) is 0.133. The Labute approximate surface area is 100 Å². The Morgan fingerprint density at radius 3 is 2.00 bits per heavy atom. The molecule has 2 aromatic rings. The first-order valence-electron chi connectivity index (χ1n) is 5.63. The van der Waals surface area contributed by atoms with Crippen molar-refractivity contribution >= 4 is 0 Å². The van der Waals surface area contributed by atoms with E-state index in [0.717, 1.165) is 22.6 Å². The summed E-state index contributed by atoms with van der Waals surface area (Å²) >= 11 is 0. The van der Waals surface area contributed by atoms with Gasteiger partial charge in [-0.25, -0.2) is 0 Å². The van der Waals surface area contributed by atoms with Gasteiger partial charge < -0.3 is 4.74 Å². The van der Waals surface area contributed by atoms with E-state index in [1.54, 1.807) is 0 Å². The Hall–Kier alpha value is -2.27. The van der Waals surface area contributed by atoms with Crippen molar-refractivity contribution in [2.24, 2.45) is 0 Å². The van der Waals surface area contributed by atoms with E-state index in [2.05, 4.69) is 6.07 Å². The predicted molar refractivity (Wildman–Crippen MR) is 65.0 cm³/mol. The second-order valence-corrected chi connectivity index (χ2v) is 4.09. The van der Waals surface area contributed by atoms with Crippen LogP contribution in [-0.2, 0) is 0 Å². The molecule has 2 nitrogen and oxygen atoms in total. The number of nitriles is 1. The molecule has 1 aliphatic heterocycles. The molecular formula is C15H11NO. The number of hydrogen-bond donors (Lipinski definition) is 0. The maximum absolute atomic E-state index is 8.98. The van der Waals surface area contributed by atoms with Gasteiger partial charge in [0.15, 0.2) is 0 Å². The van der Waals surface area contributed by atoms with Gasteiger partial charge in [0.05, 0.1) is 6.07 Å². The van der Waals surface area contributed by atoms with Crippen LogP contribution in [-0.4, -0.2) is 0 Å². The fourth-order valence-corrected chi connectivity index (χ4v) is 2.32. The summed E-state index contributed by atoms with van der Waals surface area (Å²) in [4.78, 5) is 0. The van der Waals surface area contributed by atoms with Gasteiger partial charge in [0, 0.05) is 23.5 Å². The molecule has 0 unspecified atom stereocenters. The second kappa shape index (κ2) is 3.95. The van der Waals surface area contributed by atoms with Gasteiger partial charge in [0.25, 0.3) is 0 Å². The van der Waals surface area contributed by atoms with Crippen LogP contribution in [0.5, 0.6) is 11.5 Å². The minimum absolute atomic E-state index is 0.126. The Bertz CT molecular complexity index is 552. The molecule has 2 aromatic carbocycles. The Balaban J connectivity index is 2.18. The van der Waals surface area contributed by atoms with Crippen LogP contribution >= 0.6 is 0 Å². The molecule has 0 N–H and O–H groups in total. The maximum atomic E-state index is 8.98. The second-order valence-electron chi connectivity index (χ2n) is 4.09. The molecule has 1 heterocycles. The highest BCUT2D eigenvalue weighted by Crippen LogP contribution is 2.44. The van der Waals surface area contributed by atoms with Crippen LogP contribution in [0.25, 0.3) is 0 Å². The van der Waals surface area contributed by atoms with Crippen molar-refractivity contribution in [3.8, 4) is 17.6 Å². The number of para-hydroxylation sites is 2. The van der Waals surface area contributed by atoms with Crippen molar-refractivity contribution in [2.75, 3.05) is 0 Å². The summed E-state index contributed by atoms with van der Waals surface area (Å²) in [5, 5.41) is 8.98. The highest BCUT2D eigenvalue weighted by Gasteiger charge is 2.26. The molecule has 0 aliphatic carbocycles. The summed E-state index contributed by atoms with van der Waals surface area (Å²) in [6.45, 7) is 0. The monoisotopic (exact) mass is 221 g/mol. The molecule has 0 radical (unpaired) electrons. The Morgan fingerprint density at radius 1 is 0.941 bits per heavy atom. The number of nitrogens with zero attached hydrogens (tertiary/aromatic N) is 1. The van der Waals surface area contributed by atoms with Gasteiger partial charge in [-0.15, -0.1) is 0 Å². The molecule has 2 heteroatoms. The van der Waals surface area contributed by atoms with Crippen molar-refractivity contribution < 1.29 is 4.74 Å². The van der Waals surface area contributed by atoms with Crippen LogP contribution in [0.4, 0.5) is 0 Å². The third-order valence-electron chi connectivity index (χ3n) is 3.10. The van der Waals surface area contributed by atoms with E-state index in [9.17, 15) is 0 Å². The van der Waals surface area contributed by atoms with Gasteiger partial charge in [-0.05, 0) is 12.1 Å². The van der Waals surface area contributed by atoms with Crippen LogP contribution in [0.3, 0.4) is 0 Å². The first-order valence-corrected chi connectivity index (χ1v) is 5.63. The standard InChI is InChI=1S/C15H11NO/c16-10-9-11-12-5-1-3-7-14(12)17-15-8-4-2-6-13(11)15/h1-8,11H,9H2. The SMILES string of the molecule is N#CCC1c2ccccc2Oc2ccccc21. The smallest absolute Gasteiger partial charge is 0.131 e. The summed E-state index contributed by atoms with van der Waals surface area (Å²) in [7, 11) is 0. The van der Waals surface area contributed by atoms with Crippen LogP contribution in [0.1, 0.15) is 23.5 Å². The number of hydrogen-bond acceptors (Lipinski definition) is 2. The van der Waals surface area contributed by atoms with E-state index in [-0.39, 0.29) is 5.92 Å². The molecule has 0 atom stereocenters. The lowest BCUT2D eigenvalue weighted by molar-refractivity contribution is 0.446. The molecule has 3 rings (SSSR count). The van der Waals surface area contributed by atoms with Gasteiger partial charge in [0.2, 0.25) is 0 Å². The molecule has 0 spiro atoms.